The molecule has 176 valence electrons. The fourth-order valence-electron chi connectivity index (χ4n) is 5.63. The molecule has 0 saturated heterocycles. The first-order valence-electron chi connectivity index (χ1n) is 10.5. The number of rotatable bonds is 2. The van der Waals surface area contributed by atoms with E-state index in [0.717, 1.165) is 5.69 Å². The highest BCUT2D eigenvalue weighted by Crippen LogP contribution is 2.52. The van der Waals surface area contributed by atoms with Crippen LogP contribution in [0.4, 0.5) is 5.69 Å². The van der Waals surface area contributed by atoms with Gasteiger partial charge in [-0.1, -0.05) is 0 Å². The zero-order chi connectivity index (χ0) is 24.6. The Balaban J connectivity index is 1.97. The molecule has 3 aliphatic rings. The number of aliphatic hydroxyl groups excluding tert-OH is 2. The largest absolute Gasteiger partial charge is 0.507 e. The molecule has 4 atom stereocenters. The molecule has 4 rings (SSSR count). The second-order valence-corrected chi connectivity index (χ2v) is 9.31. The van der Waals surface area contributed by atoms with Gasteiger partial charge in [-0.3, -0.25) is 19.3 Å². The van der Waals surface area contributed by atoms with Gasteiger partial charge in [0, 0.05) is 31.3 Å². The van der Waals surface area contributed by atoms with Crippen molar-refractivity contribution in [2.24, 2.45) is 17.6 Å². The third-order valence-corrected chi connectivity index (χ3v) is 7.05. The van der Waals surface area contributed by atoms with Crippen LogP contribution in [0.5, 0.6) is 5.75 Å². The molecule has 1 aromatic rings. The summed E-state index contributed by atoms with van der Waals surface area (Å²) in [7, 11) is 6.74. The number of benzene rings is 1. The smallest absolute Gasteiger partial charge is 0.211 e. The minimum Gasteiger partial charge on any atom is -0.507 e. The standard InChI is InChI=1S/C23H27N3O7/c1-25(2)12-5-6-13(27)15-10(12)7-9-8-11-17(26(3)4)19(29)16(22(24)32)21(31)23(11,33)20(30)14(9)18(15)28/h5-6,9,11,17,27-28,32-33H,7-8,24H2,1-4H3/b22-16+/t9-,11-,17+,23-/m1/s1. The first kappa shape index (κ1) is 22.8. The van der Waals surface area contributed by atoms with Crippen LogP contribution in [0.15, 0.2) is 29.2 Å². The van der Waals surface area contributed by atoms with Crippen LogP contribution in [0.25, 0.3) is 5.76 Å². The summed E-state index contributed by atoms with van der Waals surface area (Å²) >= 11 is 0. The van der Waals surface area contributed by atoms with Crippen LogP contribution < -0.4 is 10.6 Å². The van der Waals surface area contributed by atoms with Crippen LogP contribution in [0.3, 0.4) is 0 Å². The highest BCUT2D eigenvalue weighted by Gasteiger charge is 2.66. The Hall–Kier alpha value is -3.37. The second kappa shape index (κ2) is 7.32. The fraction of sp³-hybridized carbons (Fsp3) is 0.435. The molecule has 0 unspecified atom stereocenters. The van der Waals surface area contributed by atoms with Crippen LogP contribution >= 0.6 is 0 Å². The van der Waals surface area contributed by atoms with Gasteiger partial charge in [-0.15, -0.1) is 0 Å². The lowest BCUT2D eigenvalue weighted by atomic mass is 9.56. The van der Waals surface area contributed by atoms with Gasteiger partial charge in [0.25, 0.3) is 0 Å². The number of fused-ring (bicyclic) bond motifs is 3. The Bertz CT molecular complexity index is 1160. The molecule has 2 fully saturated rings. The molecular weight excluding hydrogens is 430 g/mol. The van der Waals surface area contributed by atoms with Crippen molar-refractivity contribution in [2.75, 3.05) is 33.1 Å². The monoisotopic (exact) mass is 457 g/mol. The van der Waals surface area contributed by atoms with Crippen molar-refractivity contribution >= 4 is 28.8 Å². The summed E-state index contributed by atoms with van der Waals surface area (Å²) in [4.78, 5) is 43.2. The topological polar surface area (TPSA) is 165 Å². The number of phenolic OH excluding ortho intramolecular Hbond substituents is 1. The molecule has 3 aliphatic carbocycles. The Morgan fingerprint density at radius 1 is 1.09 bits per heavy atom. The van der Waals surface area contributed by atoms with Crippen molar-refractivity contribution in [2.45, 2.75) is 24.5 Å². The number of Topliss-reactive ketones (excluding diaryl/α,β-unsaturated/α-hetero) is 3. The van der Waals surface area contributed by atoms with Gasteiger partial charge in [-0.25, -0.2) is 0 Å². The lowest BCUT2D eigenvalue weighted by Crippen LogP contribution is -2.69. The SMILES string of the molecule is CN(C)c1ccc(O)c2c1C[C@@H]1C[C@@H]3[C@H](N(C)C)C(=O)/C(=C(/N)O)C(=O)[C@]3(O)C(=O)C1=C2O. The molecule has 10 heteroatoms. The van der Waals surface area contributed by atoms with Crippen molar-refractivity contribution in [1.29, 1.82) is 0 Å². The molecule has 6 N–H and O–H groups in total. The van der Waals surface area contributed by atoms with Crippen LogP contribution in [0.1, 0.15) is 17.5 Å². The lowest BCUT2D eigenvalue weighted by Gasteiger charge is -2.50. The molecule has 1 aromatic carbocycles. The maximum Gasteiger partial charge on any atom is 0.211 e. The van der Waals surface area contributed by atoms with Gasteiger partial charge in [0.05, 0.1) is 11.6 Å². The maximum atomic E-state index is 13.7. The Kier molecular flexibility index (Phi) is 5.06. The summed E-state index contributed by atoms with van der Waals surface area (Å²) in [5.41, 5.74) is 3.11. The third-order valence-electron chi connectivity index (χ3n) is 7.05. The van der Waals surface area contributed by atoms with Gasteiger partial charge < -0.3 is 31.1 Å². The number of hydrogen-bond donors (Lipinski definition) is 5. The van der Waals surface area contributed by atoms with Crippen molar-refractivity contribution in [3.63, 3.8) is 0 Å². The first-order chi connectivity index (χ1) is 15.3. The van der Waals surface area contributed by atoms with E-state index in [2.05, 4.69) is 0 Å². The number of aliphatic hydroxyl groups is 3. The number of carbonyl (C=O) groups excluding carboxylic acids is 3. The van der Waals surface area contributed by atoms with Crippen molar-refractivity contribution < 1.29 is 34.8 Å². The minimum absolute atomic E-state index is 0.0442. The van der Waals surface area contributed by atoms with Crippen LogP contribution in [-0.4, -0.2) is 82.5 Å². The quantitative estimate of drug-likeness (QED) is 0.177. The molecule has 0 aromatic heterocycles. The molecule has 0 radical (unpaired) electrons. The predicted octanol–water partition coefficient (Wildman–Crippen LogP) is 0.0300. The molecule has 10 nitrogen and oxygen atoms in total. The summed E-state index contributed by atoms with van der Waals surface area (Å²) in [5.74, 6) is -6.64. The van der Waals surface area contributed by atoms with Crippen LogP contribution in [-0.2, 0) is 20.8 Å². The summed E-state index contributed by atoms with van der Waals surface area (Å²) in [6, 6.07) is 2.00. The molecular formula is C23H27N3O7. The van der Waals surface area contributed by atoms with E-state index in [1.165, 1.54) is 11.0 Å². The van der Waals surface area contributed by atoms with E-state index in [1.807, 2.05) is 4.90 Å². The van der Waals surface area contributed by atoms with Crippen LogP contribution in [0.2, 0.25) is 0 Å². The third kappa shape index (κ3) is 2.90. The van der Waals surface area contributed by atoms with Crippen LogP contribution in [0, 0.1) is 11.8 Å². The van der Waals surface area contributed by atoms with Crippen molar-refractivity contribution in [1.82, 2.24) is 4.90 Å². The summed E-state index contributed by atoms with van der Waals surface area (Å²) in [6.07, 6.45) is 0.296. The van der Waals surface area contributed by atoms with E-state index in [9.17, 15) is 34.8 Å². The molecule has 2 saturated carbocycles. The number of phenols is 1. The highest BCUT2D eigenvalue weighted by atomic mass is 16.3. The van der Waals surface area contributed by atoms with E-state index in [-0.39, 0.29) is 29.7 Å². The Morgan fingerprint density at radius 2 is 1.73 bits per heavy atom. The van der Waals surface area contributed by atoms with Gasteiger partial charge in [-0.05, 0) is 50.6 Å². The molecule has 0 heterocycles. The first-order valence-corrected chi connectivity index (χ1v) is 10.5. The molecule has 0 bridgehead atoms. The van der Waals surface area contributed by atoms with Crippen molar-refractivity contribution in [3.05, 3.63) is 40.3 Å². The van der Waals surface area contributed by atoms with Gasteiger partial charge >= 0.3 is 0 Å². The number of nitrogens with two attached hydrogens (primary N) is 1. The van der Waals surface area contributed by atoms with Gasteiger partial charge in [0.1, 0.15) is 17.1 Å². The van der Waals surface area contributed by atoms with Crippen molar-refractivity contribution in [3.8, 4) is 5.75 Å². The zero-order valence-corrected chi connectivity index (χ0v) is 18.8. The fourth-order valence-corrected chi connectivity index (χ4v) is 5.63. The average molecular weight is 457 g/mol. The number of aromatic hydroxyl groups is 1. The van der Waals surface area contributed by atoms with Gasteiger partial charge in [0.15, 0.2) is 17.3 Å². The van der Waals surface area contributed by atoms with Gasteiger partial charge in [0.2, 0.25) is 11.6 Å². The number of ketones is 3. The Morgan fingerprint density at radius 3 is 2.27 bits per heavy atom. The number of likely N-dealkylation sites (N-methyl/N-ethyl adjacent to an activating group) is 1. The summed E-state index contributed by atoms with van der Waals surface area (Å²) < 4.78 is 0. The van der Waals surface area contributed by atoms with Gasteiger partial charge in [-0.2, -0.15) is 0 Å². The molecule has 0 aliphatic heterocycles. The number of anilines is 1. The molecule has 0 spiro atoms. The Labute approximate surface area is 190 Å². The predicted molar refractivity (Wildman–Crippen MR) is 119 cm³/mol. The van der Waals surface area contributed by atoms with E-state index in [0.29, 0.717) is 5.56 Å². The summed E-state index contributed by atoms with van der Waals surface area (Å²) in [6.45, 7) is 0. The average Bonchev–Trinajstić information content (AvgIpc) is 2.70. The number of hydrogen-bond acceptors (Lipinski definition) is 10. The molecule has 0 amide bonds. The van der Waals surface area contributed by atoms with E-state index < -0.39 is 58.0 Å². The number of carbonyl (C=O) groups is 3. The number of nitrogens with zero attached hydrogens (tertiary/aromatic N) is 2. The van der Waals surface area contributed by atoms with E-state index >= 15 is 0 Å². The molecule has 33 heavy (non-hydrogen) atoms. The van der Waals surface area contributed by atoms with E-state index in [4.69, 9.17) is 5.73 Å². The minimum atomic E-state index is -2.70. The van der Waals surface area contributed by atoms with E-state index in [1.54, 1.807) is 34.3 Å². The second-order valence-electron chi connectivity index (χ2n) is 9.31. The summed E-state index contributed by atoms with van der Waals surface area (Å²) in [5, 5.41) is 42.9. The zero-order valence-electron chi connectivity index (χ0n) is 18.8. The lowest BCUT2D eigenvalue weighted by molar-refractivity contribution is -0.165. The normalized spacial score (nSPS) is 30.7. The maximum absolute atomic E-state index is 13.7. The highest BCUT2D eigenvalue weighted by molar-refractivity contribution is 6.35.